The van der Waals surface area contributed by atoms with Crippen LogP contribution in [-0.2, 0) is 4.74 Å². The second kappa shape index (κ2) is 3.73. The zero-order valence-electron chi connectivity index (χ0n) is 5.64. The molecule has 1 atom stereocenters. The molecule has 2 nitrogen and oxygen atoms in total. The summed E-state index contributed by atoms with van der Waals surface area (Å²) in [5, 5.41) is 0. The lowest BCUT2D eigenvalue weighted by atomic mass is 10.4. The van der Waals surface area contributed by atoms with Crippen LogP contribution in [0.2, 0.25) is 0 Å². The number of hydrogen-bond acceptors (Lipinski definition) is 2. The fourth-order valence-electron chi connectivity index (χ4n) is 0.933. The molecule has 0 saturated carbocycles. The third-order valence-electron chi connectivity index (χ3n) is 1.55. The number of ether oxygens (including phenoxy) is 1. The van der Waals surface area contributed by atoms with Gasteiger partial charge in [0.2, 0.25) is 0 Å². The van der Waals surface area contributed by atoms with Gasteiger partial charge in [0, 0.05) is 13.1 Å². The Morgan fingerprint density at radius 3 is 2.33 bits per heavy atom. The molecule has 0 aromatic rings. The molecule has 0 N–H and O–H groups in total. The first-order chi connectivity index (χ1) is 4.30. The van der Waals surface area contributed by atoms with Gasteiger partial charge in [0.05, 0.1) is 17.3 Å². The van der Waals surface area contributed by atoms with Gasteiger partial charge in [-0.15, -0.1) is 0 Å². The molecule has 1 aliphatic rings. The van der Waals surface area contributed by atoms with Crippen LogP contribution in [0.3, 0.4) is 0 Å². The molecule has 1 heterocycles. The van der Waals surface area contributed by atoms with E-state index in [1.54, 1.807) is 0 Å². The highest BCUT2D eigenvalue weighted by Crippen LogP contribution is 2.08. The first-order valence-electron chi connectivity index (χ1n) is 3.26. The van der Waals surface area contributed by atoms with Crippen molar-refractivity contribution in [2.45, 2.75) is 11.0 Å². The van der Waals surface area contributed by atoms with Crippen molar-refractivity contribution in [2.24, 2.45) is 0 Å². The number of hydrogen-bond donors (Lipinski definition) is 0. The molecule has 9 heavy (non-hydrogen) atoms. The Bertz CT molecular complexity index is 81.1. The van der Waals surface area contributed by atoms with Gasteiger partial charge < -0.3 is 4.74 Å². The zero-order valence-corrected chi connectivity index (χ0v) is 7.80. The summed E-state index contributed by atoms with van der Waals surface area (Å²) in [6.07, 6.45) is 0. The van der Waals surface area contributed by atoms with Gasteiger partial charge in [-0.05, 0) is 6.92 Å². The van der Waals surface area contributed by atoms with Crippen LogP contribution in [0.4, 0.5) is 0 Å². The van der Waals surface area contributed by atoms with Crippen molar-refractivity contribution in [1.82, 2.24) is 4.90 Å². The van der Waals surface area contributed by atoms with Crippen LogP contribution in [0.15, 0.2) is 0 Å². The van der Waals surface area contributed by atoms with Gasteiger partial charge in [-0.2, -0.15) is 0 Å². The van der Waals surface area contributed by atoms with Crippen LogP contribution in [0.5, 0.6) is 0 Å². The van der Waals surface area contributed by atoms with Crippen molar-refractivity contribution in [1.29, 1.82) is 0 Å². The predicted molar refractivity (Wildman–Crippen MR) is 45.9 cm³/mol. The van der Waals surface area contributed by atoms with E-state index in [-0.39, 0.29) is 0 Å². The summed E-state index contributed by atoms with van der Waals surface area (Å²) in [6.45, 7) is 6.24. The van der Waals surface area contributed by atoms with E-state index in [1.807, 2.05) is 0 Å². The minimum atomic E-state index is 0.659. The van der Waals surface area contributed by atoms with Crippen LogP contribution in [0.25, 0.3) is 0 Å². The molecule has 1 saturated heterocycles. The number of alkyl halides is 1. The highest BCUT2D eigenvalue weighted by atomic mass is 127. The maximum absolute atomic E-state index is 5.20. The highest BCUT2D eigenvalue weighted by molar-refractivity contribution is 14.1. The van der Waals surface area contributed by atoms with E-state index in [0.717, 1.165) is 26.3 Å². The van der Waals surface area contributed by atoms with E-state index in [0.29, 0.717) is 4.05 Å². The molecule has 3 heteroatoms. The minimum absolute atomic E-state index is 0.659. The van der Waals surface area contributed by atoms with Gasteiger partial charge in [-0.1, -0.05) is 22.6 Å². The van der Waals surface area contributed by atoms with Gasteiger partial charge in [-0.25, -0.2) is 0 Å². The molecule has 0 unspecified atom stereocenters. The molecule has 1 rings (SSSR count). The van der Waals surface area contributed by atoms with Crippen LogP contribution < -0.4 is 0 Å². The lowest BCUT2D eigenvalue weighted by molar-refractivity contribution is 0.0375. The van der Waals surface area contributed by atoms with E-state index in [4.69, 9.17) is 4.74 Å². The summed E-state index contributed by atoms with van der Waals surface area (Å²) in [7, 11) is 0. The smallest absolute Gasteiger partial charge is 0.0594 e. The lowest BCUT2D eigenvalue weighted by Crippen LogP contribution is -2.39. The van der Waals surface area contributed by atoms with Crippen molar-refractivity contribution in [3.63, 3.8) is 0 Å². The topological polar surface area (TPSA) is 12.5 Å². The van der Waals surface area contributed by atoms with Crippen molar-refractivity contribution in [3.8, 4) is 0 Å². The molecule has 1 aliphatic heterocycles. The van der Waals surface area contributed by atoms with Crippen LogP contribution in [0, 0.1) is 0 Å². The first-order valence-corrected chi connectivity index (χ1v) is 4.51. The first kappa shape index (κ1) is 7.75. The monoisotopic (exact) mass is 241 g/mol. The fraction of sp³-hybridized carbons (Fsp3) is 1.00. The van der Waals surface area contributed by atoms with Gasteiger partial charge >= 0.3 is 0 Å². The Kier molecular flexibility index (Phi) is 3.21. The average molecular weight is 241 g/mol. The number of rotatable bonds is 1. The summed E-state index contributed by atoms with van der Waals surface area (Å²) in [5.74, 6) is 0. The van der Waals surface area contributed by atoms with E-state index in [2.05, 4.69) is 34.4 Å². The SMILES string of the molecule is C[C@@H](I)N1CCOCC1. The quantitative estimate of drug-likeness (QED) is 0.387. The standard InChI is InChI=1S/C6H12INO/c1-6(7)8-2-4-9-5-3-8/h6H,2-5H2,1H3/t6-/m0/s1. The average Bonchev–Trinajstić information content (AvgIpc) is 1.90. The number of nitrogens with zero attached hydrogens (tertiary/aromatic N) is 1. The second-order valence-corrected chi connectivity index (χ2v) is 4.03. The summed E-state index contributed by atoms with van der Waals surface area (Å²) in [6, 6.07) is 0. The van der Waals surface area contributed by atoms with Crippen LogP contribution >= 0.6 is 22.6 Å². The zero-order chi connectivity index (χ0) is 6.69. The Hall–Kier alpha value is 0.650. The normalized spacial score (nSPS) is 26.0. The van der Waals surface area contributed by atoms with E-state index in [9.17, 15) is 0 Å². The third kappa shape index (κ3) is 2.39. The maximum atomic E-state index is 5.20. The Morgan fingerprint density at radius 1 is 1.44 bits per heavy atom. The number of halogens is 1. The molecule has 0 amide bonds. The summed E-state index contributed by atoms with van der Waals surface area (Å²) in [4.78, 5) is 2.42. The van der Waals surface area contributed by atoms with E-state index in [1.165, 1.54) is 0 Å². The van der Waals surface area contributed by atoms with Crippen molar-refractivity contribution in [3.05, 3.63) is 0 Å². The Morgan fingerprint density at radius 2 is 2.00 bits per heavy atom. The maximum Gasteiger partial charge on any atom is 0.0594 e. The third-order valence-corrected chi connectivity index (χ3v) is 2.34. The predicted octanol–water partition coefficient (Wildman–Crippen LogP) is 1.10. The van der Waals surface area contributed by atoms with Gasteiger partial charge in [0.1, 0.15) is 0 Å². The van der Waals surface area contributed by atoms with E-state index < -0.39 is 0 Å². The van der Waals surface area contributed by atoms with Gasteiger partial charge in [0.25, 0.3) is 0 Å². The molecule has 0 aromatic heterocycles. The molecule has 0 aliphatic carbocycles. The summed E-state index contributed by atoms with van der Waals surface area (Å²) in [5.41, 5.74) is 0. The van der Waals surface area contributed by atoms with Crippen molar-refractivity contribution >= 4 is 22.6 Å². The molecular formula is C6H12INO. The lowest BCUT2D eigenvalue weighted by Gasteiger charge is -2.28. The van der Waals surface area contributed by atoms with Crippen LogP contribution in [0.1, 0.15) is 6.92 Å². The molecule has 54 valence electrons. The molecule has 0 aromatic carbocycles. The highest BCUT2D eigenvalue weighted by Gasteiger charge is 2.13. The van der Waals surface area contributed by atoms with Crippen LogP contribution in [-0.4, -0.2) is 35.3 Å². The van der Waals surface area contributed by atoms with Crippen molar-refractivity contribution in [2.75, 3.05) is 26.3 Å². The Labute approximate surface area is 69.7 Å². The van der Waals surface area contributed by atoms with Gasteiger partial charge in [-0.3, -0.25) is 4.90 Å². The molecule has 1 fully saturated rings. The summed E-state index contributed by atoms with van der Waals surface area (Å²) >= 11 is 2.43. The second-order valence-electron chi connectivity index (χ2n) is 2.22. The minimum Gasteiger partial charge on any atom is -0.379 e. The Balaban J connectivity index is 2.23. The van der Waals surface area contributed by atoms with Crippen molar-refractivity contribution < 1.29 is 4.74 Å². The molecule has 0 spiro atoms. The molecule has 0 radical (unpaired) electrons. The van der Waals surface area contributed by atoms with E-state index >= 15 is 0 Å². The summed E-state index contributed by atoms with van der Waals surface area (Å²) < 4.78 is 5.86. The molecule has 0 bridgehead atoms. The largest absolute Gasteiger partial charge is 0.379 e. The molecular weight excluding hydrogens is 229 g/mol. The number of morpholine rings is 1. The fourth-order valence-corrected chi connectivity index (χ4v) is 1.49. The van der Waals surface area contributed by atoms with Gasteiger partial charge in [0.15, 0.2) is 0 Å².